The van der Waals surface area contributed by atoms with Crippen LogP contribution in [0.15, 0.2) is 18.2 Å². The summed E-state index contributed by atoms with van der Waals surface area (Å²) < 4.78 is 12.1. The van der Waals surface area contributed by atoms with Crippen LogP contribution < -0.4 is 14.8 Å². The third kappa shape index (κ3) is 3.76. The van der Waals surface area contributed by atoms with E-state index in [1.165, 1.54) is 0 Å². The number of hydrogen-bond acceptors (Lipinski definition) is 4. The van der Waals surface area contributed by atoms with Gasteiger partial charge in [-0.25, -0.2) is 0 Å². The molecular weight excluding hydrogens is 318 g/mol. The lowest BCUT2D eigenvalue weighted by atomic mass is 10.1. The van der Waals surface area contributed by atoms with Crippen LogP contribution in [0.2, 0.25) is 5.02 Å². The average Bonchev–Trinajstić information content (AvgIpc) is 2.82. The van der Waals surface area contributed by atoms with E-state index < -0.39 is 0 Å². The van der Waals surface area contributed by atoms with Crippen molar-refractivity contribution in [3.8, 4) is 11.5 Å². The lowest BCUT2D eigenvalue weighted by molar-refractivity contribution is 0.0948. The Kier molecular flexibility index (Phi) is 5.50. The first-order valence-corrected chi connectivity index (χ1v) is 7.54. The van der Waals surface area contributed by atoms with Crippen LogP contribution in [-0.2, 0) is 13.5 Å². The Morgan fingerprint density at radius 2 is 2.00 bits per heavy atom. The van der Waals surface area contributed by atoms with Crippen LogP contribution in [-0.4, -0.2) is 36.5 Å². The number of methoxy groups -OCH3 is 2. The molecular formula is C16H20ClN3O3. The maximum Gasteiger partial charge on any atom is 0.273 e. The Hall–Kier alpha value is -2.21. The number of rotatable bonds is 6. The van der Waals surface area contributed by atoms with Gasteiger partial charge in [0.05, 0.1) is 24.9 Å². The Balaban J connectivity index is 1.97. The van der Waals surface area contributed by atoms with E-state index in [4.69, 9.17) is 21.1 Å². The molecule has 0 radical (unpaired) electrons. The molecule has 124 valence electrons. The number of hydrogen-bond donors (Lipinski definition) is 1. The molecule has 1 heterocycles. The largest absolute Gasteiger partial charge is 0.493 e. The minimum Gasteiger partial charge on any atom is -0.493 e. The number of nitrogens with zero attached hydrogens (tertiary/aromatic N) is 2. The summed E-state index contributed by atoms with van der Waals surface area (Å²) in [5.41, 5.74) is 2.04. The highest BCUT2D eigenvalue weighted by Gasteiger charge is 2.17. The molecule has 0 unspecified atom stereocenters. The maximum atomic E-state index is 12.1. The monoisotopic (exact) mass is 337 g/mol. The predicted molar refractivity (Wildman–Crippen MR) is 88.5 cm³/mol. The molecule has 1 N–H and O–H groups in total. The molecule has 0 saturated carbocycles. The summed E-state index contributed by atoms with van der Waals surface area (Å²) in [6.07, 6.45) is 0.662. The highest BCUT2D eigenvalue weighted by Crippen LogP contribution is 2.27. The van der Waals surface area contributed by atoms with Crippen molar-refractivity contribution in [1.29, 1.82) is 0 Å². The van der Waals surface area contributed by atoms with Crippen molar-refractivity contribution >= 4 is 17.5 Å². The number of aromatic nitrogens is 2. The second-order valence-corrected chi connectivity index (χ2v) is 5.44. The van der Waals surface area contributed by atoms with E-state index >= 15 is 0 Å². The zero-order valence-corrected chi connectivity index (χ0v) is 14.4. The van der Waals surface area contributed by atoms with Crippen LogP contribution >= 0.6 is 11.6 Å². The number of aryl methyl sites for hydroxylation is 1. The van der Waals surface area contributed by atoms with Gasteiger partial charge >= 0.3 is 0 Å². The first-order valence-electron chi connectivity index (χ1n) is 7.16. The number of carbonyl (C=O) groups is 1. The van der Waals surface area contributed by atoms with E-state index in [1.807, 2.05) is 25.1 Å². The summed E-state index contributed by atoms with van der Waals surface area (Å²) in [5, 5.41) is 7.33. The number of nitrogens with one attached hydrogen (secondary N) is 1. The molecule has 6 nitrogen and oxygen atoms in total. The molecule has 0 atom stereocenters. The van der Waals surface area contributed by atoms with Gasteiger partial charge in [0.2, 0.25) is 0 Å². The summed E-state index contributed by atoms with van der Waals surface area (Å²) in [6, 6.07) is 5.67. The van der Waals surface area contributed by atoms with Crippen LogP contribution in [0, 0.1) is 6.92 Å². The lowest BCUT2D eigenvalue weighted by Gasteiger charge is -2.10. The second kappa shape index (κ2) is 7.37. The average molecular weight is 338 g/mol. The van der Waals surface area contributed by atoms with Crippen molar-refractivity contribution in [3.63, 3.8) is 0 Å². The van der Waals surface area contributed by atoms with Gasteiger partial charge in [0.25, 0.3) is 5.91 Å². The summed E-state index contributed by atoms with van der Waals surface area (Å²) in [4.78, 5) is 12.1. The number of ether oxygens (including phenoxy) is 2. The van der Waals surface area contributed by atoms with Gasteiger partial charge in [-0.2, -0.15) is 5.10 Å². The molecule has 1 aromatic heterocycles. The molecule has 0 saturated heterocycles. The van der Waals surface area contributed by atoms with Crippen molar-refractivity contribution in [2.45, 2.75) is 13.3 Å². The van der Waals surface area contributed by atoms with Crippen molar-refractivity contribution in [2.24, 2.45) is 7.05 Å². The van der Waals surface area contributed by atoms with Crippen LogP contribution in [0.5, 0.6) is 11.5 Å². The highest BCUT2D eigenvalue weighted by molar-refractivity contribution is 6.34. The number of benzene rings is 1. The van der Waals surface area contributed by atoms with Gasteiger partial charge in [0.15, 0.2) is 17.2 Å². The molecule has 0 aliphatic heterocycles. The third-order valence-electron chi connectivity index (χ3n) is 3.62. The zero-order chi connectivity index (χ0) is 17.0. The van der Waals surface area contributed by atoms with Gasteiger partial charge in [-0.3, -0.25) is 9.48 Å². The Bertz CT molecular complexity index is 713. The summed E-state index contributed by atoms with van der Waals surface area (Å²) >= 11 is 6.10. The molecule has 0 aliphatic carbocycles. The molecule has 0 aliphatic rings. The molecule has 7 heteroatoms. The van der Waals surface area contributed by atoms with Gasteiger partial charge in [-0.15, -0.1) is 0 Å². The van der Waals surface area contributed by atoms with Gasteiger partial charge in [0, 0.05) is 13.6 Å². The smallest absolute Gasteiger partial charge is 0.273 e. The summed E-state index contributed by atoms with van der Waals surface area (Å²) in [6.45, 7) is 2.29. The minimum atomic E-state index is -0.279. The van der Waals surface area contributed by atoms with E-state index in [0.29, 0.717) is 29.5 Å². The van der Waals surface area contributed by atoms with E-state index in [9.17, 15) is 4.79 Å². The fourth-order valence-corrected chi connectivity index (χ4v) is 2.41. The zero-order valence-electron chi connectivity index (χ0n) is 13.6. The summed E-state index contributed by atoms with van der Waals surface area (Å²) in [7, 11) is 4.94. The van der Waals surface area contributed by atoms with Crippen molar-refractivity contribution in [2.75, 3.05) is 20.8 Å². The van der Waals surface area contributed by atoms with Gasteiger partial charge in [-0.1, -0.05) is 17.7 Å². The quantitative estimate of drug-likeness (QED) is 0.879. The number of amides is 1. The molecule has 0 bridgehead atoms. The van der Waals surface area contributed by atoms with E-state index in [1.54, 1.807) is 25.9 Å². The van der Waals surface area contributed by atoms with Crippen LogP contribution in [0.4, 0.5) is 0 Å². The van der Waals surface area contributed by atoms with E-state index in [-0.39, 0.29) is 11.6 Å². The molecule has 2 rings (SSSR count). The first kappa shape index (κ1) is 17.1. The number of carbonyl (C=O) groups excluding carboxylic acids is 1. The molecule has 0 fully saturated rings. The van der Waals surface area contributed by atoms with Crippen LogP contribution in [0.1, 0.15) is 21.7 Å². The summed E-state index contributed by atoms with van der Waals surface area (Å²) in [5.74, 6) is 1.06. The van der Waals surface area contributed by atoms with E-state index in [2.05, 4.69) is 10.4 Å². The van der Waals surface area contributed by atoms with E-state index in [0.717, 1.165) is 11.3 Å². The molecule has 1 aromatic carbocycles. The van der Waals surface area contributed by atoms with Crippen LogP contribution in [0.3, 0.4) is 0 Å². The minimum absolute atomic E-state index is 0.249. The standard InChI is InChI=1S/C16H20ClN3O3/c1-10-14(17)15(19-20(10)2)16(21)18-8-7-11-5-6-12(22-3)13(9-11)23-4/h5-6,9H,7-8H2,1-4H3,(H,18,21). The molecule has 23 heavy (non-hydrogen) atoms. The van der Waals surface area contributed by atoms with Gasteiger partial charge in [0.1, 0.15) is 0 Å². The lowest BCUT2D eigenvalue weighted by Crippen LogP contribution is -2.26. The molecule has 2 aromatic rings. The second-order valence-electron chi connectivity index (χ2n) is 5.07. The Labute approximate surface area is 140 Å². The van der Waals surface area contributed by atoms with Gasteiger partial charge < -0.3 is 14.8 Å². The third-order valence-corrected chi connectivity index (χ3v) is 4.08. The fraction of sp³-hybridized carbons (Fsp3) is 0.375. The Morgan fingerprint density at radius 1 is 1.30 bits per heavy atom. The van der Waals surface area contributed by atoms with Crippen molar-refractivity contribution in [1.82, 2.24) is 15.1 Å². The number of halogens is 1. The first-order chi connectivity index (χ1) is 11.0. The van der Waals surface area contributed by atoms with Crippen molar-refractivity contribution in [3.05, 3.63) is 40.2 Å². The predicted octanol–water partition coefficient (Wildman–Crippen LogP) is 2.37. The van der Waals surface area contributed by atoms with Crippen LogP contribution in [0.25, 0.3) is 0 Å². The maximum absolute atomic E-state index is 12.1. The molecule has 0 spiro atoms. The molecule has 1 amide bonds. The highest BCUT2D eigenvalue weighted by atomic mass is 35.5. The van der Waals surface area contributed by atoms with Crippen molar-refractivity contribution < 1.29 is 14.3 Å². The fourth-order valence-electron chi connectivity index (χ4n) is 2.17. The Morgan fingerprint density at radius 3 is 2.57 bits per heavy atom. The SMILES string of the molecule is COc1ccc(CCNC(=O)c2nn(C)c(C)c2Cl)cc1OC. The topological polar surface area (TPSA) is 65.4 Å². The normalized spacial score (nSPS) is 10.5. The van der Waals surface area contributed by atoms with Gasteiger partial charge in [-0.05, 0) is 31.0 Å².